The van der Waals surface area contributed by atoms with E-state index in [9.17, 15) is 23.1 Å². The third kappa shape index (κ3) is 3.88. The Labute approximate surface area is 194 Å². The summed E-state index contributed by atoms with van der Waals surface area (Å²) in [6, 6.07) is 15.4. The Balaban J connectivity index is 1.77. The van der Waals surface area contributed by atoms with Crippen molar-refractivity contribution in [1.29, 1.82) is 0 Å². The van der Waals surface area contributed by atoms with Crippen molar-refractivity contribution in [3.05, 3.63) is 78.1 Å². The first-order valence-corrected chi connectivity index (χ1v) is 10.1. The van der Waals surface area contributed by atoms with Crippen molar-refractivity contribution in [2.45, 2.75) is 6.18 Å². The molecule has 5 aromatic rings. The van der Waals surface area contributed by atoms with E-state index in [0.717, 1.165) is 18.2 Å². The van der Waals surface area contributed by atoms with Crippen molar-refractivity contribution in [2.24, 2.45) is 0 Å². The summed E-state index contributed by atoms with van der Waals surface area (Å²) < 4.78 is 61.8. The summed E-state index contributed by atoms with van der Waals surface area (Å²) in [6.45, 7) is 0. The van der Waals surface area contributed by atoms with Crippen LogP contribution in [0.3, 0.4) is 0 Å². The summed E-state index contributed by atoms with van der Waals surface area (Å²) in [5, 5.41) is 19.8. The predicted molar refractivity (Wildman–Crippen MR) is 120 cm³/mol. The van der Waals surface area contributed by atoms with Gasteiger partial charge in [-0.05, 0) is 29.1 Å². The fourth-order valence-electron chi connectivity index (χ4n) is 4.05. The Bertz CT molecular complexity index is 1610. The summed E-state index contributed by atoms with van der Waals surface area (Å²) in [5.41, 5.74) is -1.28. The molecule has 5 rings (SSSR count). The maximum absolute atomic E-state index is 15.6. The standard InChI is InChI=1S/C25H14F4N2O4/c26-21-15(12-4-2-1-3-5-12)7-8-16(25(27,28)29)20(21)23-30-17-9-6-13-10-14(35-24(33)34)11-18(32)19(13)22(17)31-23/h1-11,32H,(H,30,31)(H,33,34). The number of aromatic hydroxyl groups is 1. The van der Waals surface area contributed by atoms with E-state index < -0.39 is 35.0 Å². The van der Waals surface area contributed by atoms with Crippen LogP contribution in [0.5, 0.6) is 11.5 Å². The molecule has 6 nitrogen and oxygen atoms in total. The van der Waals surface area contributed by atoms with Crippen LogP contribution >= 0.6 is 0 Å². The molecule has 0 saturated heterocycles. The van der Waals surface area contributed by atoms with Gasteiger partial charge in [-0.15, -0.1) is 0 Å². The molecule has 1 heterocycles. The minimum atomic E-state index is -4.86. The molecule has 0 bridgehead atoms. The summed E-state index contributed by atoms with van der Waals surface area (Å²) in [4.78, 5) is 17.7. The number of rotatable bonds is 3. The fraction of sp³-hybridized carbons (Fsp3) is 0.0400. The number of halogens is 4. The van der Waals surface area contributed by atoms with Crippen molar-refractivity contribution in [3.63, 3.8) is 0 Å². The number of ether oxygens (including phenoxy) is 1. The molecule has 0 aliphatic heterocycles. The minimum absolute atomic E-state index is 0.0303. The van der Waals surface area contributed by atoms with E-state index in [0.29, 0.717) is 10.9 Å². The number of aromatic nitrogens is 2. The van der Waals surface area contributed by atoms with Gasteiger partial charge in [0.1, 0.15) is 23.1 Å². The number of nitrogens with zero attached hydrogens (tertiary/aromatic N) is 1. The Hall–Kier alpha value is -4.60. The van der Waals surface area contributed by atoms with Gasteiger partial charge in [-0.1, -0.05) is 42.5 Å². The number of H-pyrrole nitrogens is 1. The van der Waals surface area contributed by atoms with E-state index in [4.69, 9.17) is 5.11 Å². The molecule has 1 aromatic heterocycles. The van der Waals surface area contributed by atoms with Gasteiger partial charge in [0.15, 0.2) is 0 Å². The van der Waals surface area contributed by atoms with E-state index in [1.807, 2.05) is 0 Å². The van der Waals surface area contributed by atoms with Crippen LogP contribution in [-0.2, 0) is 6.18 Å². The topological polar surface area (TPSA) is 95.4 Å². The summed E-state index contributed by atoms with van der Waals surface area (Å²) in [6.07, 6.45) is -6.44. The van der Waals surface area contributed by atoms with Crippen molar-refractivity contribution in [2.75, 3.05) is 0 Å². The molecule has 0 fully saturated rings. The largest absolute Gasteiger partial charge is 0.511 e. The molecule has 0 aliphatic carbocycles. The third-order valence-corrected chi connectivity index (χ3v) is 5.50. The summed E-state index contributed by atoms with van der Waals surface area (Å²) in [5.74, 6) is -2.02. The first kappa shape index (κ1) is 22.2. The number of nitrogens with one attached hydrogen (secondary N) is 1. The van der Waals surface area contributed by atoms with Gasteiger partial charge in [0.25, 0.3) is 0 Å². The fourth-order valence-corrected chi connectivity index (χ4v) is 4.05. The zero-order valence-corrected chi connectivity index (χ0v) is 17.5. The first-order chi connectivity index (χ1) is 16.6. The highest BCUT2D eigenvalue weighted by Gasteiger charge is 2.37. The molecule has 0 saturated carbocycles. The highest BCUT2D eigenvalue weighted by atomic mass is 19.4. The number of carbonyl (C=O) groups is 1. The minimum Gasteiger partial charge on any atom is -0.507 e. The Morgan fingerprint density at radius 3 is 2.43 bits per heavy atom. The van der Waals surface area contributed by atoms with Crippen LogP contribution in [-0.4, -0.2) is 26.3 Å². The highest BCUT2D eigenvalue weighted by Crippen LogP contribution is 2.42. The molecular weight excluding hydrogens is 468 g/mol. The van der Waals surface area contributed by atoms with Crippen molar-refractivity contribution >= 4 is 28.0 Å². The number of fused-ring (bicyclic) bond motifs is 3. The van der Waals surface area contributed by atoms with Gasteiger partial charge in [-0.3, -0.25) is 0 Å². The van der Waals surface area contributed by atoms with Gasteiger partial charge >= 0.3 is 12.3 Å². The molecule has 176 valence electrons. The molecule has 0 unspecified atom stereocenters. The monoisotopic (exact) mass is 482 g/mol. The Morgan fingerprint density at radius 1 is 1.00 bits per heavy atom. The number of aromatic amines is 1. The summed E-state index contributed by atoms with van der Waals surface area (Å²) >= 11 is 0. The molecular formula is C25H14F4N2O4. The van der Waals surface area contributed by atoms with E-state index in [2.05, 4.69) is 14.7 Å². The van der Waals surface area contributed by atoms with Gasteiger partial charge in [0.2, 0.25) is 0 Å². The van der Waals surface area contributed by atoms with E-state index in [-0.39, 0.29) is 33.6 Å². The predicted octanol–water partition coefficient (Wildman–Crippen LogP) is 6.97. The zero-order chi connectivity index (χ0) is 24.9. The molecule has 0 aliphatic rings. The second kappa shape index (κ2) is 8.01. The maximum Gasteiger partial charge on any atom is 0.511 e. The number of carboxylic acid groups (broad SMARTS) is 1. The lowest BCUT2D eigenvalue weighted by molar-refractivity contribution is -0.137. The SMILES string of the molecule is O=C(O)Oc1cc(O)c2c(ccc3nc(-c4c(C(F)(F)F)ccc(-c5ccccc5)c4F)[nH]c32)c1. The number of phenolic OH excluding ortho intramolecular Hbond substituents is 1. The lowest BCUT2D eigenvalue weighted by atomic mass is 9.97. The Morgan fingerprint density at radius 2 is 1.74 bits per heavy atom. The molecule has 0 radical (unpaired) electrons. The van der Waals surface area contributed by atoms with Crippen LogP contribution in [0.1, 0.15) is 5.56 Å². The maximum atomic E-state index is 15.6. The molecule has 4 aromatic carbocycles. The second-order valence-electron chi connectivity index (χ2n) is 7.67. The molecule has 3 N–H and O–H groups in total. The molecule has 35 heavy (non-hydrogen) atoms. The van der Waals surface area contributed by atoms with Gasteiger partial charge in [-0.25, -0.2) is 14.2 Å². The highest BCUT2D eigenvalue weighted by molar-refractivity contribution is 6.09. The van der Waals surface area contributed by atoms with Crippen molar-refractivity contribution in [3.8, 4) is 34.0 Å². The molecule has 0 amide bonds. The normalized spacial score (nSPS) is 11.8. The average Bonchev–Trinajstić information content (AvgIpc) is 3.22. The molecule has 0 atom stereocenters. The van der Waals surface area contributed by atoms with Gasteiger partial charge in [-0.2, -0.15) is 13.2 Å². The smallest absolute Gasteiger partial charge is 0.507 e. The van der Waals surface area contributed by atoms with E-state index >= 15 is 4.39 Å². The van der Waals surface area contributed by atoms with Crippen LogP contribution in [0.15, 0.2) is 66.7 Å². The average molecular weight is 482 g/mol. The van der Waals surface area contributed by atoms with Crippen LogP contribution in [0.4, 0.5) is 22.4 Å². The number of hydrogen-bond acceptors (Lipinski definition) is 4. The number of imidazole rings is 1. The lowest BCUT2D eigenvalue weighted by Crippen LogP contribution is -2.10. The van der Waals surface area contributed by atoms with Crippen LogP contribution < -0.4 is 4.74 Å². The van der Waals surface area contributed by atoms with Gasteiger partial charge in [0, 0.05) is 17.0 Å². The number of phenols is 1. The van der Waals surface area contributed by atoms with Gasteiger partial charge in [0.05, 0.1) is 22.2 Å². The number of benzene rings is 4. The zero-order valence-electron chi connectivity index (χ0n) is 17.5. The second-order valence-corrected chi connectivity index (χ2v) is 7.67. The molecule has 10 heteroatoms. The van der Waals surface area contributed by atoms with Crippen molar-refractivity contribution < 1.29 is 37.3 Å². The number of hydrogen-bond donors (Lipinski definition) is 3. The lowest BCUT2D eigenvalue weighted by Gasteiger charge is -2.15. The third-order valence-electron chi connectivity index (χ3n) is 5.50. The van der Waals surface area contributed by atoms with Crippen LogP contribution in [0, 0.1) is 5.82 Å². The van der Waals surface area contributed by atoms with Crippen LogP contribution in [0.2, 0.25) is 0 Å². The summed E-state index contributed by atoms with van der Waals surface area (Å²) in [7, 11) is 0. The van der Waals surface area contributed by atoms with Gasteiger partial charge < -0.3 is 19.9 Å². The Kier molecular flexibility index (Phi) is 5.08. The van der Waals surface area contributed by atoms with E-state index in [1.165, 1.54) is 18.2 Å². The van der Waals surface area contributed by atoms with Crippen LogP contribution in [0.25, 0.3) is 44.3 Å². The van der Waals surface area contributed by atoms with Crippen molar-refractivity contribution in [1.82, 2.24) is 9.97 Å². The molecule has 0 spiro atoms. The number of alkyl halides is 3. The quantitative estimate of drug-likeness (QED) is 0.147. The first-order valence-electron chi connectivity index (χ1n) is 10.1. The van der Waals surface area contributed by atoms with E-state index in [1.54, 1.807) is 30.3 Å².